The Morgan fingerprint density at radius 1 is 1.26 bits per heavy atom. The molecular weight excluding hydrogens is 344 g/mol. The van der Waals surface area contributed by atoms with E-state index < -0.39 is 5.97 Å². The molecule has 1 atom stereocenters. The Hall–Kier alpha value is -2.96. The predicted molar refractivity (Wildman–Crippen MR) is 105 cm³/mol. The van der Waals surface area contributed by atoms with Crippen LogP contribution in [0.2, 0.25) is 0 Å². The van der Waals surface area contributed by atoms with Crippen molar-refractivity contribution in [2.24, 2.45) is 0 Å². The molecule has 0 unspecified atom stereocenters. The van der Waals surface area contributed by atoms with Crippen LogP contribution in [-0.4, -0.2) is 31.7 Å². The van der Waals surface area contributed by atoms with E-state index in [1.165, 1.54) is 0 Å². The Morgan fingerprint density at radius 3 is 2.74 bits per heavy atom. The number of aliphatic carboxylic acids is 1. The van der Waals surface area contributed by atoms with Crippen LogP contribution in [0.5, 0.6) is 0 Å². The number of anilines is 1. The van der Waals surface area contributed by atoms with Crippen LogP contribution in [-0.2, 0) is 9.59 Å². The van der Waals surface area contributed by atoms with Crippen LogP contribution in [0.25, 0.3) is 21.9 Å². The molecule has 2 heterocycles. The molecule has 27 heavy (non-hydrogen) atoms. The first-order valence-corrected chi connectivity index (χ1v) is 9.20. The van der Waals surface area contributed by atoms with Crippen molar-refractivity contribution < 1.29 is 14.7 Å². The van der Waals surface area contributed by atoms with Crippen LogP contribution >= 0.6 is 0 Å². The van der Waals surface area contributed by atoms with Crippen LogP contribution in [0.3, 0.4) is 0 Å². The standard InChI is InChI=1S/C20H24N4O3/c1-4-13(3)24-20-15(11-14-10-12(2)8-9-16(14)21-20)19(23-24)22-17(25)6-5-7-18(26)27/h8-11,13H,4-7H2,1-3H3,(H,26,27)(H,22,23,25)/t13-/m0/s1. The molecule has 0 radical (unpaired) electrons. The van der Waals surface area contributed by atoms with Crippen molar-refractivity contribution >= 4 is 39.6 Å². The maximum atomic E-state index is 12.2. The number of carbonyl (C=O) groups excluding carboxylic acids is 1. The lowest BCUT2D eigenvalue weighted by molar-refractivity contribution is -0.137. The first kappa shape index (κ1) is 18.8. The number of aryl methyl sites for hydroxylation is 1. The summed E-state index contributed by atoms with van der Waals surface area (Å²) in [4.78, 5) is 27.6. The van der Waals surface area contributed by atoms with E-state index in [2.05, 4.69) is 30.3 Å². The molecule has 0 fully saturated rings. The lowest BCUT2D eigenvalue weighted by atomic mass is 10.1. The number of aromatic nitrogens is 3. The molecule has 0 saturated carbocycles. The van der Waals surface area contributed by atoms with Gasteiger partial charge in [0.15, 0.2) is 11.5 Å². The second-order valence-corrected chi connectivity index (χ2v) is 6.90. The molecule has 0 aliphatic carbocycles. The third kappa shape index (κ3) is 4.07. The smallest absolute Gasteiger partial charge is 0.303 e. The molecule has 142 valence electrons. The Balaban J connectivity index is 2.00. The summed E-state index contributed by atoms with van der Waals surface area (Å²) in [7, 11) is 0. The molecule has 0 spiro atoms. The van der Waals surface area contributed by atoms with E-state index in [1.54, 1.807) is 0 Å². The summed E-state index contributed by atoms with van der Waals surface area (Å²) in [5.74, 6) is -0.668. The topological polar surface area (TPSA) is 97.1 Å². The van der Waals surface area contributed by atoms with Gasteiger partial charge in [-0.3, -0.25) is 9.59 Å². The summed E-state index contributed by atoms with van der Waals surface area (Å²) in [6.45, 7) is 6.16. The zero-order valence-corrected chi connectivity index (χ0v) is 15.8. The van der Waals surface area contributed by atoms with E-state index in [0.29, 0.717) is 12.2 Å². The minimum absolute atomic E-state index is 0.0268. The summed E-state index contributed by atoms with van der Waals surface area (Å²) >= 11 is 0. The van der Waals surface area contributed by atoms with E-state index in [-0.39, 0.29) is 24.8 Å². The van der Waals surface area contributed by atoms with Gasteiger partial charge in [-0.25, -0.2) is 9.67 Å². The van der Waals surface area contributed by atoms with E-state index in [0.717, 1.165) is 33.9 Å². The highest BCUT2D eigenvalue weighted by molar-refractivity contribution is 6.02. The SMILES string of the molecule is CC[C@H](C)n1nc(NC(=O)CCCC(=O)O)c2cc3cc(C)ccc3nc21. The average Bonchev–Trinajstić information content (AvgIpc) is 2.96. The van der Waals surface area contributed by atoms with Gasteiger partial charge in [0.2, 0.25) is 5.91 Å². The third-order valence-electron chi connectivity index (χ3n) is 4.69. The second-order valence-electron chi connectivity index (χ2n) is 6.90. The van der Waals surface area contributed by atoms with Crippen LogP contribution in [0.1, 0.15) is 51.1 Å². The van der Waals surface area contributed by atoms with Crippen LogP contribution in [0.4, 0.5) is 5.82 Å². The number of nitrogens with zero attached hydrogens (tertiary/aromatic N) is 3. The quantitative estimate of drug-likeness (QED) is 0.655. The van der Waals surface area contributed by atoms with Gasteiger partial charge in [0.25, 0.3) is 0 Å². The summed E-state index contributed by atoms with van der Waals surface area (Å²) in [6.07, 6.45) is 1.30. The summed E-state index contributed by atoms with van der Waals surface area (Å²) in [6, 6.07) is 8.21. The fourth-order valence-electron chi connectivity index (χ4n) is 3.01. The first-order valence-electron chi connectivity index (χ1n) is 9.20. The number of hydrogen-bond donors (Lipinski definition) is 2. The van der Waals surface area contributed by atoms with Gasteiger partial charge >= 0.3 is 5.97 Å². The van der Waals surface area contributed by atoms with Crippen molar-refractivity contribution in [2.75, 3.05) is 5.32 Å². The number of amides is 1. The molecule has 0 aliphatic heterocycles. The van der Waals surface area contributed by atoms with Gasteiger partial charge < -0.3 is 10.4 Å². The van der Waals surface area contributed by atoms with Crippen molar-refractivity contribution in [3.05, 3.63) is 29.8 Å². The van der Waals surface area contributed by atoms with Crippen molar-refractivity contribution in [1.29, 1.82) is 0 Å². The Kier molecular flexibility index (Phi) is 5.39. The molecule has 3 rings (SSSR count). The van der Waals surface area contributed by atoms with Gasteiger partial charge in [0.05, 0.1) is 16.9 Å². The molecule has 0 saturated heterocycles. The minimum atomic E-state index is -0.902. The van der Waals surface area contributed by atoms with Gasteiger partial charge in [-0.2, -0.15) is 5.10 Å². The molecule has 2 N–H and O–H groups in total. The van der Waals surface area contributed by atoms with Crippen LogP contribution in [0, 0.1) is 6.92 Å². The van der Waals surface area contributed by atoms with Crippen molar-refractivity contribution in [3.8, 4) is 0 Å². The van der Waals surface area contributed by atoms with Crippen molar-refractivity contribution in [1.82, 2.24) is 14.8 Å². The van der Waals surface area contributed by atoms with E-state index in [4.69, 9.17) is 10.1 Å². The van der Waals surface area contributed by atoms with Gasteiger partial charge in [0.1, 0.15) is 0 Å². The number of nitrogens with one attached hydrogen (secondary N) is 1. The maximum absolute atomic E-state index is 12.2. The number of carbonyl (C=O) groups is 2. The molecule has 0 aliphatic rings. The number of hydrogen-bond acceptors (Lipinski definition) is 4. The number of pyridine rings is 1. The fourth-order valence-corrected chi connectivity index (χ4v) is 3.01. The number of rotatable bonds is 7. The predicted octanol–water partition coefficient (Wildman–Crippen LogP) is 4.06. The van der Waals surface area contributed by atoms with E-state index in [9.17, 15) is 9.59 Å². The maximum Gasteiger partial charge on any atom is 0.303 e. The molecule has 1 aromatic carbocycles. The molecule has 0 bridgehead atoms. The highest BCUT2D eigenvalue weighted by atomic mass is 16.4. The van der Waals surface area contributed by atoms with Crippen LogP contribution in [0.15, 0.2) is 24.3 Å². The van der Waals surface area contributed by atoms with Gasteiger partial charge in [-0.1, -0.05) is 18.6 Å². The molecule has 7 heteroatoms. The van der Waals surface area contributed by atoms with Gasteiger partial charge in [0, 0.05) is 18.2 Å². The lowest BCUT2D eigenvalue weighted by Gasteiger charge is -2.10. The molecule has 1 amide bonds. The summed E-state index contributed by atoms with van der Waals surface area (Å²) in [5.41, 5.74) is 2.76. The largest absolute Gasteiger partial charge is 0.481 e. The minimum Gasteiger partial charge on any atom is -0.481 e. The zero-order valence-electron chi connectivity index (χ0n) is 15.8. The normalized spacial score (nSPS) is 12.4. The summed E-state index contributed by atoms with van der Waals surface area (Å²) in [5, 5.41) is 17.9. The number of benzene rings is 1. The van der Waals surface area contributed by atoms with Crippen molar-refractivity contribution in [2.45, 2.75) is 52.5 Å². The second kappa shape index (κ2) is 7.73. The number of fused-ring (bicyclic) bond motifs is 2. The van der Waals surface area contributed by atoms with Crippen LogP contribution < -0.4 is 5.32 Å². The molecule has 3 aromatic rings. The van der Waals surface area contributed by atoms with E-state index in [1.807, 2.05) is 29.8 Å². The number of carboxylic acid groups (broad SMARTS) is 1. The monoisotopic (exact) mass is 368 g/mol. The Morgan fingerprint density at radius 2 is 2.04 bits per heavy atom. The third-order valence-corrected chi connectivity index (χ3v) is 4.69. The Labute approximate surface area is 157 Å². The zero-order chi connectivity index (χ0) is 19.6. The molecular formula is C20H24N4O3. The van der Waals surface area contributed by atoms with Gasteiger partial charge in [-0.15, -0.1) is 0 Å². The number of carboxylic acids is 1. The first-order chi connectivity index (χ1) is 12.9. The average molecular weight is 368 g/mol. The lowest BCUT2D eigenvalue weighted by Crippen LogP contribution is -2.13. The Bertz CT molecular complexity index is 1010. The van der Waals surface area contributed by atoms with E-state index >= 15 is 0 Å². The fraction of sp³-hybridized carbons (Fsp3) is 0.400. The van der Waals surface area contributed by atoms with Gasteiger partial charge in [-0.05, 0) is 44.9 Å². The highest BCUT2D eigenvalue weighted by Gasteiger charge is 2.18. The summed E-state index contributed by atoms with van der Waals surface area (Å²) < 4.78 is 1.85. The molecule has 2 aromatic heterocycles. The van der Waals surface area contributed by atoms with Crippen molar-refractivity contribution in [3.63, 3.8) is 0 Å². The molecule has 7 nitrogen and oxygen atoms in total. The highest BCUT2D eigenvalue weighted by Crippen LogP contribution is 2.29.